The third-order valence-corrected chi connectivity index (χ3v) is 8.54. The van der Waals surface area contributed by atoms with Crippen molar-refractivity contribution in [1.82, 2.24) is 14.3 Å². The number of rotatable bonds is 4. The summed E-state index contributed by atoms with van der Waals surface area (Å²) in [5.74, 6) is -2.15. The lowest BCUT2D eigenvalue weighted by atomic mass is 10.1. The summed E-state index contributed by atoms with van der Waals surface area (Å²) in [6.45, 7) is 0.0892. The van der Waals surface area contributed by atoms with Crippen LogP contribution in [0.5, 0.6) is 0 Å². The smallest absolute Gasteiger partial charge is 0.246 e. The molecular formula is C21H14ClF3N4O2S2. The van der Waals surface area contributed by atoms with Crippen LogP contribution in [-0.2, 0) is 23.0 Å². The first kappa shape index (κ1) is 22.1. The summed E-state index contributed by atoms with van der Waals surface area (Å²) in [6, 6.07) is 6.61. The number of nitrogens with one attached hydrogen (secondary N) is 1. The molecule has 2 aromatic carbocycles. The molecule has 0 atom stereocenters. The third kappa shape index (κ3) is 3.95. The molecule has 1 aliphatic rings. The summed E-state index contributed by atoms with van der Waals surface area (Å²) >= 11 is 7.10. The topological polar surface area (TPSA) is 75.2 Å². The molecule has 2 aromatic heterocycles. The second-order valence-electron chi connectivity index (χ2n) is 7.32. The lowest BCUT2D eigenvalue weighted by molar-refractivity contribution is 0.393. The molecule has 0 spiro atoms. The van der Waals surface area contributed by atoms with Gasteiger partial charge in [-0.2, -0.15) is 4.31 Å². The van der Waals surface area contributed by atoms with Crippen molar-refractivity contribution in [3.05, 3.63) is 75.6 Å². The fraction of sp³-hybridized carbons (Fsp3) is 0.143. The van der Waals surface area contributed by atoms with E-state index in [1.165, 1.54) is 29.8 Å². The Balaban J connectivity index is 1.51. The van der Waals surface area contributed by atoms with Gasteiger partial charge in [0.2, 0.25) is 10.0 Å². The van der Waals surface area contributed by atoms with Crippen LogP contribution in [0.3, 0.4) is 0 Å². The summed E-state index contributed by atoms with van der Waals surface area (Å²) in [5, 5.41) is 3.90. The van der Waals surface area contributed by atoms with Crippen molar-refractivity contribution in [2.75, 3.05) is 11.9 Å². The highest BCUT2D eigenvalue weighted by molar-refractivity contribution is 7.89. The zero-order valence-corrected chi connectivity index (χ0v) is 19.0. The average molecular weight is 511 g/mol. The number of fused-ring (bicyclic) bond motifs is 3. The van der Waals surface area contributed by atoms with Crippen molar-refractivity contribution in [3.8, 4) is 0 Å². The number of benzene rings is 2. The fourth-order valence-corrected chi connectivity index (χ4v) is 6.64. The van der Waals surface area contributed by atoms with Crippen LogP contribution in [0, 0.1) is 17.5 Å². The molecular weight excluding hydrogens is 497 g/mol. The summed E-state index contributed by atoms with van der Waals surface area (Å²) in [6.07, 6.45) is 1.66. The molecule has 0 saturated heterocycles. The Morgan fingerprint density at radius 3 is 2.64 bits per heavy atom. The van der Waals surface area contributed by atoms with Crippen LogP contribution in [0.4, 0.5) is 24.7 Å². The van der Waals surface area contributed by atoms with E-state index in [0.29, 0.717) is 28.5 Å². The summed E-state index contributed by atoms with van der Waals surface area (Å²) in [5.41, 5.74) is 1.03. The highest BCUT2D eigenvalue weighted by Crippen LogP contribution is 2.39. The Morgan fingerprint density at radius 1 is 1.06 bits per heavy atom. The molecule has 0 saturated carbocycles. The Bertz CT molecular complexity index is 1510. The quantitative estimate of drug-likeness (QED) is 0.406. The number of thiophene rings is 1. The molecule has 170 valence electrons. The van der Waals surface area contributed by atoms with E-state index in [4.69, 9.17) is 11.6 Å². The molecule has 1 aliphatic heterocycles. The summed E-state index contributed by atoms with van der Waals surface area (Å²) in [4.78, 5) is 9.29. The molecule has 0 radical (unpaired) electrons. The molecule has 33 heavy (non-hydrogen) atoms. The number of hydrogen-bond acceptors (Lipinski definition) is 6. The van der Waals surface area contributed by atoms with Crippen LogP contribution in [0.25, 0.3) is 10.2 Å². The summed E-state index contributed by atoms with van der Waals surface area (Å²) < 4.78 is 68.8. The number of aromatic nitrogens is 2. The van der Waals surface area contributed by atoms with E-state index >= 15 is 0 Å². The van der Waals surface area contributed by atoms with Crippen LogP contribution in [0.2, 0.25) is 5.02 Å². The molecule has 0 unspecified atom stereocenters. The van der Waals surface area contributed by atoms with Gasteiger partial charge in [0.15, 0.2) is 0 Å². The minimum atomic E-state index is -4.17. The Labute approximate surface area is 195 Å². The van der Waals surface area contributed by atoms with Crippen LogP contribution in [-0.4, -0.2) is 29.2 Å². The first-order valence-corrected chi connectivity index (χ1v) is 12.3. The first-order chi connectivity index (χ1) is 15.7. The maximum absolute atomic E-state index is 14.3. The van der Waals surface area contributed by atoms with E-state index in [-0.39, 0.29) is 23.8 Å². The van der Waals surface area contributed by atoms with Crippen LogP contribution in [0.1, 0.15) is 10.4 Å². The monoisotopic (exact) mass is 510 g/mol. The molecule has 1 N–H and O–H groups in total. The fourth-order valence-electron chi connectivity index (χ4n) is 3.75. The normalized spacial score (nSPS) is 14.4. The maximum atomic E-state index is 14.3. The van der Waals surface area contributed by atoms with Gasteiger partial charge in [-0.05, 0) is 42.3 Å². The molecule has 12 heteroatoms. The molecule has 5 rings (SSSR count). The molecule has 0 amide bonds. The van der Waals surface area contributed by atoms with E-state index in [9.17, 15) is 21.6 Å². The number of halogens is 4. The van der Waals surface area contributed by atoms with E-state index in [0.717, 1.165) is 26.9 Å². The predicted molar refractivity (Wildman–Crippen MR) is 120 cm³/mol. The van der Waals surface area contributed by atoms with Crippen LogP contribution in [0.15, 0.2) is 47.6 Å². The molecule has 4 aromatic rings. The SMILES string of the molecule is O=S(=O)(c1ccc(F)cc1F)N1CCc2c(sc3ncnc(Nc4ccc(Cl)cc4F)c23)C1. The summed E-state index contributed by atoms with van der Waals surface area (Å²) in [7, 11) is -4.17. The van der Waals surface area contributed by atoms with Gasteiger partial charge in [0, 0.05) is 29.1 Å². The Hall–Kier alpha value is -2.73. The van der Waals surface area contributed by atoms with E-state index in [2.05, 4.69) is 15.3 Å². The predicted octanol–water partition coefficient (Wildman–Crippen LogP) is 5.25. The lowest BCUT2D eigenvalue weighted by Gasteiger charge is -2.26. The Morgan fingerprint density at radius 2 is 1.88 bits per heavy atom. The molecule has 6 nitrogen and oxygen atoms in total. The number of anilines is 2. The van der Waals surface area contributed by atoms with Gasteiger partial charge in [-0.3, -0.25) is 0 Å². The highest BCUT2D eigenvalue weighted by Gasteiger charge is 2.33. The van der Waals surface area contributed by atoms with Crippen LogP contribution < -0.4 is 5.32 Å². The standard InChI is InChI=1S/C21H14ClF3N4O2S2/c22-11-1-3-16(14(24)7-11)28-20-19-13-5-6-29(9-17(13)32-21(19)27-10-26-20)33(30,31)18-4-2-12(23)8-15(18)25/h1-4,7-8,10H,5-6,9H2,(H,26,27,28). The van der Waals surface area contributed by atoms with Gasteiger partial charge >= 0.3 is 0 Å². The third-order valence-electron chi connectivity index (χ3n) is 5.30. The van der Waals surface area contributed by atoms with E-state index in [1.54, 1.807) is 6.07 Å². The zero-order valence-electron chi connectivity index (χ0n) is 16.6. The number of sulfonamides is 1. The molecule has 0 bridgehead atoms. The average Bonchev–Trinajstić information content (AvgIpc) is 3.14. The van der Waals surface area contributed by atoms with E-state index < -0.39 is 32.4 Å². The largest absolute Gasteiger partial charge is 0.337 e. The van der Waals surface area contributed by atoms with Gasteiger partial charge in [-0.15, -0.1) is 11.3 Å². The first-order valence-electron chi connectivity index (χ1n) is 9.66. The lowest BCUT2D eigenvalue weighted by Crippen LogP contribution is -2.35. The van der Waals surface area contributed by atoms with Crippen molar-refractivity contribution in [3.63, 3.8) is 0 Å². The van der Waals surface area contributed by atoms with Gasteiger partial charge in [0.25, 0.3) is 0 Å². The molecule has 0 aliphatic carbocycles. The van der Waals surface area contributed by atoms with Crippen molar-refractivity contribution >= 4 is 54.7 Å². The van der Waals surface area contributed by atoms with Crippen molar-refractivity contribution < 1.29 is 21.6 Å². The minimum absolute atomic E-state index is 0.00422. The van der Waals surface area contributed by atoms with Gasteiger partial charge in [0.1, 0.15) is 39.3 Å². The van der Waals surface area contributed by atoms with Crippen molar-refractivity contribution in [2.24, 2.45) is 0 Å². The number of hydrogen-bond donors (Lipinski definition) is 1. The second-order valence-corrected chi connectivity index (χ2v) is 10.7. The van der Waals surface area contributed by atoms with Crippen molar-refractivity contribution in [2.45, 2.75) is 17.9 Å². The highest BCUT2D eigenvalue weighted by atomic mass is 35.5. The second kappa shape index (κ2) is 8.24. The Kier molecular flexibility index (Phi) is 5.52. The van der Waals surface area contributed by atoms with Gasteiger partial charge in [-0.1, -0.05) is 11.6 Å². The van der Waals surface area contributed by atoms with Crippen molar-refractivity contribution in [1.29, 1.82) is 0 Å². The van der Waals surface area contributed by atoms with Gasteiger partial charge < -0.3 is 5.32 Å². The zero-order chi connectivity index (χ0) is 23.3. The molecule has 0 fully saturated rings. The van der Waals surface area contributed by atoms with Gasteiger partial charge in [0.05, 0.1) is 11.1 Å². The van der Waals surface area contributed by atoms with Crippen LogP contribution >= 0.6 is 22.9 Å². The number of nitrogens with zero attached hydrogens (tertiary/aromatic N) is 3. The van der Waals surface area contributed by atoms with Gasteiger partial charge in [-0.25, -0.2) is 31.6 Å². The minimum Gasteiger partial charge on any atom is -0.337 e. The molecule has 3 heterocycles. The van der Waals surface area contributed by atoms with E-state index in [1.807, 2.05) is 0 Å². The maximum Gasteiger partial charge on any atom is 0.246 e.